The maximum atomic E-state index is 12.6. The number of amides is 1. The third-order valence-electron chi connectivity index (χ3n) is 3.45. The second kappa shape index (κ2) is 6.07. The van der Waals surface area contributed by atoms with Crippen molar-refractivity contribution in [3.05, 3.63) is 27.4 Å². The van der Waals surface area contributed by atoms with Gasteiger partial charge < -0.3 is 14.6 Å². The van der Waals surface area contributed by atoms with Crippen molar-refractivity contribution in [2.75, 3.05) is 19.7 Å². The molecule has 22 heavy (non-hydrogen) atoms. The van der Waals surface area contributed by atoms with Crippen molar-refractivity contribution in [3.8, 4) is 0 Å². The van der Waals surface area contributed by atoms with Gasteiger partial charge in [-0.05, 0) is 13.8 Å². The monoisotopic (exact) mass is 319 g/mol. The van der Waals surface area contributed by atoms with Crippen LogP contribution in [0, 0.1) is 13.8 Å². The Kier molecular flexibility index (Phi) is 4.55. The highest BCUT2D eigenvalue weighted by atomic mass is 19.4. The fourth-order valence-electron chi connectivity index (χ4n) is 2.30. The number of nitrogens with one attached hydrogen (secondary N) is 1. The molecule has 1 aromatic heterocycles. The van der Waals surface area contributed by atoms with Crippen molar-refractivity contribution >= 4 is 5.91 Å². The van der Waals surface area contributed by atoms with Gasteiger partial charge in [0, 0.05) is 17.8 Å². The topological polar surface area (TPSA) is 75.3 Å². The third kappa shape index (κ3) is 3.65. The molecule has 0 aliphatic carbocycles. The zero-order valence-corrected chi connectivity index (χ0v) is 12.2. The second-order valence-corrected chi connectivity index (χ2v) is 5.13. The number of carbonyl (C=O) groups is 1. The van der Waals surface area contributed by atoms with E-state index in [0.29, 0.717) is 11.5 Å². The van der Waals surface area contributed by atoms with Crippen LogP contribution in [-0.2, 0) is 16.0 Å². The summed E-state index contributed by atoms with van der Waals surface area (Å²) < 4.78 is 42.6. The lowest BCUT2D eigenvalue weighted by Gasteiger charge is -2.33. The van der Waals surface area contributed by atoms with E-state index in [1.54, 1.807) is 13.8 Å². The van der Waals surface area contributed by atoms with E-state index in [9.17, 15) is 22.8 Å². The van der Waals surface area contributed by atoms with Crippen LogP contribution in [0.5, 0.6) is 0 Å². The number of hydrogen-bond acceptors (Lipinski definition) is 4. The zero-order valence-electron chi connectivity index (χ0n) is 12.2. The quantitative estimate of drug-likeness (QED) is 0.871. The molecule has 2 heterocycles. The smallest absolute Gasteiger partial charge is 0.365 e. The Morgan fingerprint density at radius 3 is 2.73 bits per heavy atom. The molecule has 1 unspecified atom stereocenters. The molecule has 122 valence electrons. The van der Waals surface area contributed by atoms with E-state index < -0.39 is 30.3 Å². The molecule has 1 fully saturated rings. The molecule has 1 saturated heterocycles. The number of halogens is 3. The number of alkyl halides is 3. The summed E-state index contributed by atoms with van der Waals surface area (Å²) in [4.78, 5) is 31.6. The van der Waals surface area contributed by atoms with Crippen LogP contribution in [-0.4, -0.2) is 52.8 Å². The van der Waals surface area contributed by atoms with E-state index >= 15 is 0 Å². The molecule has 0 saturated carbocycles. The predicted octanol–water partition coefficient (Wildman–Crippen LogP) is 0.719. The standard InChI is InChI=1S/C13H16F3N3O3/c1-7-9(12(21)18-8(2)17-7)5-11(20)19-3-4-22-10(6-19)13(14,15)16/h10H,3-6H2,1-2H3,(H,17,18,21). The fraction of sp³-hybridized carbons (Fsp3) is 0.615. The van der Waals surface area contributed by atoms with Crippen molar-refractivity contribution in [2.45, 2.75) is 32.5 Å². The maximum Gasteiger partial charge on any atom is 0.416 e. The summed E-state index contributed by atoms with van der Waals surface area (Å²) in [6, 6.07) is 0. The van der Waals surface area contributed by atoms with E-state index in [2.05, 4.69) is 14.7 Å². The minimum atomic E-state index is -4.52. The lowest BCUT2D eigenvalue weighted by atomic mass is 10.1. The molecule has 0 radical (unpaired) electrons. The van der Waals surface area contributed by atoms with Crippen LogP contribution < -0.4 is 5.56 Å². The first kappa shape index (κ1) is 16.5. The molecule has 2 rings (SSSR count). The van der Waals surface area contributed by atoms with Crippen molar-refractivity contribution < 1.29 is 22.7 Å². The van der Waals surface area contributed by atoms with E-state index in [1.807, 2.05) is 0 Å². The van der Waals surface area contributed by atoms with Crippen molar-refractivity contribution in [2.24, 2.45) is 0 Å². The summed E-state index contributed by atoms with van der Waals surface area (Å²) in [5, 5.41) is 0. The van der Waals surface area contributed by atoms with Crippen molar-refractivity contribution in [1.82, 2.24) is 14.9 Å². The SMILES string of the molecule is Cc1nc(C)c(CC(=O)N2CCOC(C(F)(F)F)C2)c(=O)[nH]1. The van der Waals surface area contributed by atoms with Gasteiger partial charge in [0.15, 0.2) is 6.10 Å². The first-order valence-corrected chi connectivity index (χ1v) is 6.71. The van der Waals surface area contributed by atoms with Crippen LogP contribution in [0.3, 0.4) is 0 Å². The summed E-state index contributed by atoms with van der Waals surface area (Å²) in [6.07, 6.45) is -6.78. The first-order valence-electron chi connectivity index (χ1n) is 6.71. The predicted molar refractivity (Wildman–Crippen MR) is 70.4 cm³/mol. The molecule has 0 aromatic carbocycles. The summed E-state index contributed by atoms with van der Waals surface area (Å²) in [5.41, 5.74) is 0.125. The zero-order chi connectivity index (χ0) is 16.5. The second-order valence-electron chi connectivity index (χ2n) is 5.13. The van der Waals surface area contributed by atoms with Crippen LogP contribution in [0.15, 0.2) is 4.79 Å². The van der Waals surface area contributed by atoms with Gasteiger partial charge in [-0.3, -0.25) is 9.59 Å². The molecule has 0 bridgehead atoms. The fourth-order valence-corrected chi connectivity index (χ4v) is 2.30. The summed E-state index contributed by atoms with van der Waals surface area (Å²) in [6.45, 7) is 2.52. The Hall–Kier alpha value is -1.90. The number of hydrogen-bond donors (Lipinski definition) is 1. The Morgan fingerprint density at radius 2 is 2.14 bits per heavy atom. The number of rotatable bonds is 2. The molecular formula is C13H16F3N3O3. The molecule has 1 aliphatic heterocycles. The highest BCUT2D eigenvalue weighted by molar-refractivity contribution is 5.79. The van der Waals surface area contributed by atoms with Gasteiger partial charge in [-0.2, -0.15) is 13.2 Å². The van der Waals surface area contributed by atoms with Gasteiger partial charge in [-0.25, -0.2) is 4.98 Å². The van der Waals surface area contributed by atoms with Crippen LogP contribution in [0.4, 0.5) is 13.2 Å². The van der Waals surface area contributed by atoms with Gasteiger partial charge >= 0.3 is 6.18 Å². The Bertz CT molecular complexity index is 627. The van der Waals surface area contributed by atoms with Gasteiger partial charge in [-0.15, -0.1) is 0 Å². The molecule has 1 amide bonds. The minimum Gasteiger partial charge on any atom is -0.365 e. The number of nitrogens with zero attached hydrogens (tertiary/aromatic N) is 2. The van der Waals surface area contributed by atoms with Gasteiger partial charge in [0.05, 0.1) is 19.6 Å². The number of aromatic nitrogens is 2. The molecule has 1 aliphatic rings. The van der Waals surface area contributed by atoms with Gasteiger partial charge in [0.1, 0.15) is 5.82 Å². The molecule has 6 nitrogen and oxygen atoms in total. The maximum absolute atomic E-state index is 12.6. The van der Waals surface area contributed by atoms with Crippen LogP contribution in [0.25, 0.3) is 0 Å². The number of H-pyrrole nitrogens is 1. The Balaban J connectivity index is 2.11. The molecule has 0 spiro atoms. The number of morpholine rings is 1. The highest BCUT2D eigenvalue weighted by Crippen LogP contribution is 2.25. The number of ether oxygens (including phenoxy) is 1. The number of aryl methyl sites for hydroxylation is 2. The van der Waals surface area contributed by atoms with Crippen molar-refractivity contribution in [1.29, 1.82) is 0 Å². The number of carbonyl (C=O) groups excluding carboxylic acids is 1. The van der Waals surface area contributed by atoms with Gasteiger partial charge in [-0.1, -0.05) is 0 Å². The summed E-state index contributed by atoms with van der Waals surface area (Å²) >= 11 is 0. The lowest BCUT2D eigenvalue weighted by molar-refractivity contribution is -0.236. The average molecular weight is 319 g/mol. The molecule has 9 heteroatoms. The van der Waals surface area contributed by atoms with Crippen LogP contribution in [0.2, 0.25) is 0 Å². The lowest BCUT2D eigenvalue weighted by Crippen LogP contribution is -2.51. The Morgan fingerprint density at radius 1 is 1.45 bits per heavy atom. The van der Waals surface area contributed by atoms with Gasteiger partial charge in [0.25, 0.3) is 5.56 Å². The van der Waals surface area contributed by atoms with Crippen LogP contribution in [0.1, 0.15) is 17.1 Å². The molecular weight excluding hydrogens is 303 g/mol. The van der Waals surface area contributed by atoms with E-state index in [0.717, 1.165) is 4.90 Å². The average Bonchev–Trinajstić information content (AvgIpc) is 2.41. The van der Waals surface area contributed by atoms with E-state index in [4.69, 9.17) is 0 Å². The van der Waals surface area contributed by atoms with Crippen molar-refractivity contribution in [3.63, 3.8) is 0 Å². The highest BCUT2D eigenvalue weighted by Gasteiger charge is 2.44. The minimum absolute atomic E-state index is 0.0711. The van der Waals surface area contributed by atoms with Crippen LogP contribution >= 0.6 is 0 Å². The first-order chi connectivity index (χ1) is 10.2. The van der Waals surface area contributed by atoms with E-state index in [-0.39, 0.29) is 25.1 Å². The molecule has 1 N–H and O–H groups in total. The molecule has 1 atom stereocenters. The largest absolute Gasteiger partial charge is 0.416 e. The third-order valence-corrected chi connectivity index (χ3v) is 3.45. The normalized spacial score (nSPS) is 19.3. The number of aromatic amines is 1. The van der Waals surface area contributed by atoms with Gasteiger partial charge in [0.2, 0.25) is 5.91 Å². The Labute approximate surface area is 124 Å². The van der Waals surface area contributed by atoms with E-state index in [1.165, 1.54) is 0 Å². The summed E-state index contributed by atoms with van der Waals surface area (Å²) in [7, 11) is 0. The molecule has 1 aromatic rings. The summed E-state index contributed by atoms with van der Waals surface area (Å²) in [5.74, 6) is -0.126.